The Morgan fingerprint density at radius 2 is 1.90 bits per heavy atom. The van der Waals surface area contributed by atoms with Gasteiger partial charge in [0.15, 0.2) is 12.6 Å². The first-order valence-corrected chi connectivity index (χ1v) is 9.08. The van der Waals surface area contributed by atoms with Crippen LogP contribution in [0, 0.1) is 6.92 Å². The first-order valence-electron chi connectivity index (χ1n) is 9.08. The summed E-state index contributed by atoms with van der Waals surface area (Å²) in [5.41, 5.74) is 0.915. The van der Waals surface area contributed by atoms with Crippen LogP contribution >= 0.6 is 24.0 Å². The Kier molecular flexibility index (Phi) is 10.8. The zero-order valence-corrected chi connectivity index (χ0v) is 18.8. The van der Waals surface area contributed by atoms with Crippen molar-refractivity contribution in [1.29, 1.82) is 0 Å². The second kappa shape index (κ2) is 12.6. The van der Waals surface area contributed by atoms with Gasteiger partial charge in [0.2, 0.25) is 0 Å². The molecule has 0 amide bonds. The van der Waals surface area contributed by atoms with Crippen LogP contribution in [0.2, 0.25) is 0 Å². The fraction of sp³-hybridized carbons (Fsp3) is 0.474. The topological polar surface area (TPSA) is 63.5 Å². The molecule has 0 unspecified atom stereocenters. The van der Waals surface area contributed by atoms with Gasteiger partial charge in [0.05, 0.1) is 0 Å². The minimum Gasteiger partial charge on any atom is -0.484 e. The standard InChI is InChI=1S/C19H26F3N5O.HI/c1-15-24-10-12-27(15)11-4-3-9-25-18(23-2)26-13-16-5-7-17(8-6-16)28-14-19(20,21)22;/h5-8,10,12H,3-4,9,11,13-14H2,1-2H3,(H2,23,25,26);1H. The normalized spacial score (nSPS) is 11.7. The molecule has 0 aliphatic carbocycles. The Bertz CT molecular complexity index is 747. The van der Waals surface area contributed by atoms with Crippen LogP contribution in [0.3, 0.4) is 0 Å². The van der Waals surface area contributed by atoms with Crippen LogP contribution in [0.15, 0.2) is 41.7 Å². The lowest BCUT2D eigenvalue weighted by Crippen LogP contribution is -2.37. The van der Waals surface area contributed by atoms with Gasteiger partial charge in [0.25, 0.3) is 0 Å². The molecule has 0 saturated heterocycles. The number of alkyl halides is 3. The molecule has 0 atom stereocenters. The van der Waals surface area contributed by atoms with Crippen LogP contribution < -0.4 is 15.4 Å². The highest BCUT2D eigenvalue weighted by atomic mass is 127. The van der Waals surface area contributed by atoms with Gasteiger partial charge in [-0.3, -0.25) is 4.99 Å². The third-order valence-corrected chi connectivity index (χ3v) is 4.05. The molecule has 2 N–H and O–H groups in total. The van der Waals surface area contributed by atoms with E-state index in [1.165, 1.54) is 12.1 Å². The van der Waals surface area contributed by atoms with E-state index in [9.17, 15) is 13.2 Å². The zero-order valence-electron chi connectivity index (χ0n) is 16.5. The van der Waals surface area contributed by atoms with Crippen molar-refractivity contribution in [3.63, 3.8) is 0 Å². The largest absolute Gasteiger partial charge is 0.484 e. The van der Waals surface area contributed by atoms with E-state index in [0.29, 0.717) is 12.5 Å². The Morgan fingerprint density at radius 1 is 1.17 bits per heavy atom. The average molecular weight is 525 g/mol. The minimum atomic E-state index is -4.34. The van der Waals surface area contributed by atoms with Gasteiger partial charge in [-0.2, -0.15) is 13.2 Å². The molecule has 0 spiro atoms. The van der Waals surface area contributed by atoms with Gasteiger partial charge in [-0.05, 0) is 37.5 Å². The number of benzene rings is 1. The molecule has 0 aliphatic heterocycles. The van der Waals surface area contributed by atoms with Crippen LogP contribution in [0.25, 0.3) is 0 Å². The van der Waals surface area contributed by atoms with E-state index in [2.05, 4.69) is 25.2 Å². The van der Waals surface area contributed by atoms with Gasteiger partial charge in [0, 0.05) is 39.1 Å². The number of imidazole rings is 1. The summed E-state index contributed by atoms with van der Waals surface area (Å²) in [4.78, 5) is 8.37. The summed E-state index contributed by atoms with van der Waals surface area (Å²) < 4.78 is 43.3. The summed E-state index contributed by atoms with van der Waals surface area (Å²) in [6.07, 6.45) is 1.46. The van der Waals surface area contributed by atoms with Crippen LogP contribution in [0.1, 0.15) is 24.2 Å². The molecule has 29 heavy (non-hydrogen) atoms. The Labute approximate surface area is 186 Å². The van der Waals surface area contributed by atoms with Crippen molar-refractivity contribution in [2.75, 3.05) is 20.2 Å². The van der Waals surface area contributed by atoms with Crippen LogP contribution in [-0.4, -0.2) is 41.9 Å². The third kappa shape index (κ3) is 9.86. The highest BCUT2D eigenvalue weighted by Crippen LogP contribution is 2.18. The van der Waals surface area contributed by atoms with Crippen molar-refractivity contribution in [2.45, 2.75) is 39.0 Å². The van der Waals surface area contributed by atoms with Gasteiger partial charge in [-0.15, -0.1) is 24.0 Å². The number of rotatable bonds is 9. The fourth-order valence-corrected chi connectivity index (χ4v) is 2.53. The molecule has 1 aromatic heterocycles. The number of hydrogen-bond acceptors (Lipinski definition) is 3. The van der Waals surface area contributed by atoms with Crippen molar-refractivity contribution < 1.29 is 17.9 Å². The lowest BCUT2D eigenvalue weighted by molar-refractivity contribution is -0.153. The van der Waals surface area contributed by atoms with Crippen LogP contribution in [0.5, 0.6) is 5.75 Å². The predicted octanol–water partition coefficient (Wildman–Crippen LogP) is 3.90. The lowest BCUT2D eigenvalue weighted by atomic mass is 10.2. The maximum Gasteiger partial charge on any atom is 0.422 e. The number of hydrogen-bond donors (Lipinski definition) is 2. The van der Waals surface area contributed by atoms with Crippen molar-refractivity contribution in [3.8, 4) is 5.75 Å². The summed E-state index contributed by atoms with van der Waals surface area (Å²) in [5, 5.41) is 6.42. The molecule has 162 valence electrons. The first-order chi connectivity index (χ1) is 13.4. The smallest absolute Gasteiger partial charge is 0.422 e. The molecule has 0 aliphatic rings. The number of unbranched alkanes of at least 4 members (excludes halogenated alkanes) is 1. The van der Waals surface area contributed by atoms with E-state index >= 15 is 0 Å². The van der Waals surface area contributed by atoms with Gasteiger partial charge < -0.3 is 19.9 Å². The van der Waals surface area contributed by atoms with Crippen LogP contribution in [-0.2, 0) is 13.1 Å². The first kappa shape index (κ1) is 25.1. The molecule has 0 saturated carbocycles. The van der Waals surface area contributed by atoms with Crippen molar-refractivity contribution >= 4 is 29.9 Å². The van der Waals surface area contributed by atoms with E-state index in [1.54, 1.807) is 25.4 Å². The van der Waals surface area contributed by atoms with Crippen molar-refractivity contribution in [3.05, 3.63) is 48.0 Å². The molecule has 1 heterocycles. The van der Waals surface area contributed by atoms with Gasteiger partial charge in [0.1, 0.15) is 11.6 Å². The number of aliphatic imine (C=N–C) groups is 1. The van der Waals surface area contributed by atoms with Gasteiger partial charge >= 0.3 is 6.18 Å². The Morgan fingerprint density at radius 3 is 2.48 bits per heavy atom. The molecular weight excluding hydrogens is 498 g/mol. The summed E-state index contributed by atoms with van der Waals surface area (Å²) >= 11 is 0. The lowest BCUT2D eigenvalue weighted by Gasteiger charge is -2.13. The number of ether oxygens (including phenoxy) is 1. The maximum absolute atomic E-state index is 12.1. The number of nitrogens with zero attached hydrogens (tertiary/aromatic N) is 3. The molecule has 0 radical (unpaired) electrons. The molecule has 0 fully saturated rings. The number of guanidine groups is 1. The number of halogens is 4. The summed E-state index contributed by atoms with van der Waals surface area (Å²) in [6, 6.07) is 6.49. The molecule has 0 bridgehead atoms. The molecule has 2 aromatic rings. The molecule has 2 rings (SSSR count). The number of nitrogens with one attached hydrogen (secondary N) is 2. The van der Waals surface area contributed by atoms with Gasteiger partial charge in [-0.25, -0.2) is 4.98 Å². The SMILES string of the molecule is CN=C(NCCCCn1ccnc1C)NCc1ccc(OCC(F)(F)F)cc1.I. The summed E-state index contributed by atoms with van der Waals surface area (Å²) in [7, 11) is 1.69. The summed E-state index contributed by atoms with van der Waals surface area (Å²) in [5.74, 6) is 1.88. The highest BCUT2D eigenvalue weighted by molar-refractivity contribution is 14.0. The second-order valence-corrected chi connectivity index (χ2v) is 6.28. The fourth-order valence-electron chi connectivity index (χ4n) is 2.53. The Balaban J connectivity index is 0.00000420. The van der Waals surface area contributed by atoms with Gasteiger partial charge in [-0.1, -0.05) is 12.1 Å². The third-order valence-electron chi connectivity index (χ3n) is 4.05. The number of aryl methyl sites for hydroxylation is 2. The van der Waals surface area contributed by atoms with Crippen molar-refractivity contribution in [1.82, 2.24) is 20.2 Å². The summed E-state index contributed by atoms with van der Waals surface area (Å²) in [6.45, 7) is 2.92. The second-order valence-electron chi connectivity index (χ2n) is 6.28. The van der Waals surface area contributed by atoms with Crippen LogP contribution in [0.4, 0.5) is 13.2 Å². The Hall–Kier alpha value is -1.98. The van der Waals surface area contributed by atoms with E-state index in [1.807, 2.05) is 13.1 Å². The average Bonchev–Trinajstić information content (AvgIpc) is 3.07. The van der Waals surface area contributed by atoms with E-state index < -0.39 is 12.8 Å². The van der Waals surface area contributed by atoms with Crippen molar-refractivity contribution in [2.24, 2.45) is 4.99 Å². The maximum atomic E-state index is 12.1. The highest BCUT2D eigenvalue weighted by Gasteiger charge is 2.28. The minimum absolute atomic E-state index is 0. The zero-order chi connectivity index (χ0) is 20.4. The number of aromatic nitrogens is 2. The predicted molar refractivity (Wildman–Crippen MR) is 118 cm³/mol. The monoisotopic (exact) mass is 525 g/mol. The van der Waals surface area contributed by atoms with E-state index in [-0.39, 0.29) is 29.7 Å². The molecule has 6 nitrogen and oxygen atoms in total. The van der Waals surface area contributed by atoms with E-state index in [0.717, 1.165) is 37.3 Å². The molecular formula is C19H27F3IN5O. The molecule has 1 aromatic carbocycles. The quantitative estimate of drug-likeness (QED) is 0.226. The molecule has 10 heteroatoms. The van der Waals surface area contributed by atoms with E-state index in [4.69, 9.17) is 4.74 Å².